The van der Waals surface area contributed by atoms with Gasteiger partial charge in [0.25, 0.3) is 0 Å². The number of aryl methyl sites for hydroxylation is 1. The van der Waals surface area contributed by atoms with Crippen LogP contribution in [-0.2, 0) is 26.8 Å². The van der Waals surface area contributed by atoms with Crippen molar-refractivity contribution in [1.82, 2.24) is 4.98 Å². The quantitative estimate of drug-likeness (QED) is 0.465. The molecule has 1 unspecified atom stereocenters. The fourth-order valence-electron chi connectivity index (χ4n) is 3.50. The van der Waals surface area contributed by atoms with Gasteiger partial charge in [-0.2, -0.15) is 0 Å². The fourth-order valence-corrected chi connectivity index (χ4v) is 6.41. The summed E-state index contributed by atoms with van der Waals surface area (Å²) in [5.74, 6) is -0.0979. The Kier molecular flexibility index (Phi) is 6.76. The second-order valence-corrected chi connectivity index (χ2v) is 11.3. The van der Waals surface area contributed by atoms with Crippen molar-refractivity contribution in [2.24, 2.45) is 5.92 Å². The lowest BCUT2D eigenvalue weighted by atomic mass is 9.91. The summed E-state index contributed by atoms with van der Waals surface area (Å²) in [5.41, 5.74) is 2.23. The molecule has 1 amide bonds. The predicted octanol–water partition coefficient (Wildman–Crippen LogP) is 5.31. The van der Waals surface area contributed by atoms with E-state index in [0.29, 0.717) is 39.3 Å². The van der Waals surface area contributed by atoms with Crippen LogP contribution in [0.1, 0.15) is 22.7 Å². The number of fused-ring (bicyclic) bond motifs is 1. The molecule has 168 valence electrons. The largest absolute Gasteiger partial charge is 0.492 e. The third-order valence-electron chi connectivity index (χ3n) is 5.13. The van der Waals surface area contributed by atoms with E-state index in [4.69, 9.17) is 27.9 Å². The van der Waals surface area contributed by atoms with Gasteiger partial charge in [-0.15, -0.1) is 11.3 Å². The summed E-state index contributed by atoms with van der Waals surface area (Å²) in [6, 6.07) is 9.78. The first-order valence-corrected chi connectivity index (χ1v) is 13.2. The normalized spacial score (nSPS) is 15.8. The van der Waals surface area contributed by atoms with E-state index in [-0.39, 0.29) is 29.1 Å². The summed E-state index contributed by atoms with van der Waals surface area (Å²) in [7, 11) is -3.54. The van der Waals surface area contributed by atoms with Gasteiger partial charge in [0.2, 0.25) is 5.91 Å². The molecule has 6 nitrogen and oxygen atoms in total. The number of nitrogens with one attached hydrogen (secondary N) is 1. The fraction of sp³-hybridized carbons (Fsp3) is 0.273. The number of aromatic nitrogens is 1. The lowest BCUT2D eigenvalue weighted by Gasteiger charge is -2.25. The first-order chi connectivity index (χ1) is 15.2. The molecular formula is C22H20Cl2N2O4S2. The van der Waals surface area contributed by atoms with Crippen LogP contribution in [0.4, 0.5) is 5.69 Å². The minimum atomic E-state index is -3.54. The van der Waals surface area contributed by atoms with Crippen LogP contribution >= 0.6 is 34.5 Å². The van der Waals surface area contributed by atoms with Gasteiger partial charge in [0.15, 0.2) is 9.84 Å². The number of hydrogen-bond donors (Lipinski definition) is 1. The zero-order valence-corrected chi connectivity index (χ0v) is 20.2. The highest BCUT2D eigenvalue weighted by Gasteiger charge is 2.28. The highest BCUT2D eigenvalue weighted by Crippen LogP contribution is 2.32. The third-order valence-corrected chi connectivity index (χ3v) is 8.43. The van der Waals surface area contributed by atoms with Crippen LogP contribution in [0.2, 0.25) is 10.0 Å². The summed E-state index contributed by atoms with van der Waals surface area (Å²) in [6.07, 6.45) is 0.887. The maximum absolute atomic E-state index is 12.9. The van der Waals surface area contributed by atoms with Gasteiger partial charge in [-0.05, 0) is 61.7 Å². The van der Waals surface area contributed by atoms with Crippen LogP contribution in [0.15, 0.2) is 46.7 Å². The number of benzene rings is 2. The van der Waals surface area contributed by atoms with Crippen LogP contribution < -0.4 is 10.1 Å². The molecule has 3 aromatic rings. The number of rotatable bonds is 7. The van der Waals surface area contributed by atoms with Gasteiger partial charge >= 0.3 is 0 Å². The van der Waals surface area contributed by atoms with Crippen molar-refractivity contribution in [2.75, 3.05) is 11.9 Å². The van der Waals surface area contributed by atoms with Crippen molar-refractivity contribution in [3.05, 3.63) is 68.1 Å². The predicted molar refractivity (Wildman–Crippen MR) is 127 cm³/mol. The molecule has 0 fully saturated rings. The lowest BCUT2D eigenvalue weighted by molar-refractivity contribution is -0.120. The Morgan fingerprint density at radius 1 is 1.22 bits per heavy atom. The van der Waals surface area contributed by atoms with E-state index in [0.717, 1.165) is 11.3 Å². The Labute approximate surface area is 200 Å². The second kappa shape index (κ2) is 9.39. The van der Waals surface area contributed by atoms with Gasteiger partial charge in [-0.3, -0.25) is 4.79 Å². The van der Waals surface area contributed by atoms with E-state index in [1.165, 1.54) is 17.4 Å². The van der Waals surface area contributed by atoms with E-state index in [9.17, 15) is 13.2 Å². The van der Waals surface area contributed by atoms with Crippen molar-refractivity contribution in [3.8, 4) is 5.75 Å². The zero-order valence-electron chi connectivity index (χ0n) is 17.1. The Hall–Kier alpha value is -2.13. The SMILES string of the molecule is Cc1csc(CS(=O)(=O)c2ccc3c(c2)CC(CCOc2ccc(Cl)cc2Cl)C(=O)N3)n1. The Morgan fingerprint density at radius 3 is 2.75 bits per heavy atom. The molecule has 1 aromatic heterocycles. The van der Waals surface area contributed by atoms with Crippen LogP contribution in [0.3, 0.4) is 0 Å². The van der Waals surface area contributed by atoms with Gasteiger partial charge in [-0.1, -0.05) is 23.2 Å². The third kappa shape index (κ3) is 5.26. The van der Waals surface area contributed by atoms with E-state index < -0.39 is 9.84 Å². The summed E-state index contributed by atoms with van der Waals surface area (Å²) in [5, 5.41) is 6.18. The van der Waals surface area contributed by atoms with E-state index in [1.807, 2.05) is 12.3 Å². The smallest absolute Gasteiger partial charge is 0.227 e. The maximum Gasteiger partial charge on any atom is 0.227 e. The first kappa shape index (κ1) is 23.0. The summed E-state index contributed by atoms with van der Waals surface area (Å²) in [6.45, 7) is 2.12. The summed E-state index contributed by atoms with van der Waals surface area (Å²) in [4.78, 5) is 17.0. The second-order valence-electron chi connectivity index (χ2n) is 7.56. The number of amides is 1. The Bertz CT molecular complexity index is 1270. The Morgan fingerprint density at radius 2 is 2.03 bits per heavy atom. The molecule has 1 N–H and O–H groups in total. The van der Waals surface area contributed by atoms with Gasteiger partial charge < -0.3 is 10.1 Å². The number of hydrogen-bond acceptors (Lipinski definition) is 6. The molecule has 0 saturated heterocycles. The van der Waals surface area contributed by atoms with Crippen LogP contribution in [0.5, 0.6) is 5.75 Å². The molecule has 32 heavy (non-hydrogen) atoms. The Balaban J connectivity index is 1.44. The van der Waals surface area contributed by atoms with Crippen LogP contribution in [-0.4, -0.2) is 25.9 Å². The van der Waals surface area contributed by atoms with Gasteiger partial charge in [0.1, 0.15) is 16.5 Å². The molecule has 0 saturated carbocycles. The number of sulfone groups is 1. The minimum Gasteiger partial charge on any atom is -0.492 e. The van der Waals surface area contributed by atoms with Crippen molar-refractivity contribution in [3.63, 3.8) is 0 Å². The topological polar surface area (TPSA) is 85.4 Å². The highest BCUT2D eigenvalue weighted by molar-refractivity contribution is 7.90. The minimum absolute atomic E-state index is 0.114. The molecule has 10 heteroatoms. The average molecular weight is 511 g/mol. The molecule has 0 radical (unpaired) electrons. The number of nitrogens with zero attached hydrogens (tertiary/aromatic N) is 1. The number of thiazole rings is 1. The molecule has 4 rings (SSSR count). The van der Waals surface area contributed by atoms with Gasteiger partial charge in [-0.25, -0.2) is 13.4 Å². The summed E-state index contributed by atoms with van der Waals surface area (Å²) >= 11 is 13.3. The number of anilines is 1. The first-order valence-electron chi connectivity index (χ1n) is 9.87. The molecule has 1 aliphatic rings. The summed E-state index contributed by atoms with van der Waals surface area (Å²) < 4.78 is 31.4. The van der Waals surface area contributed by atoms with E-state index in [2.05, 4.69) is 10.3 Å². The molecule has 1 atom stereocenters. The van der Waals surface area contributed by atoms with E-state index >= 15 is 0 Å². The number of halogens is 2. The standard InChI is InChI=1S/C22H20Cl2N2O4S2/c1-13-11-31-21(25-13)12-32(28,29)17-3-4-19-15(9-17)8-14(22(27)26-19)6-7-30-20-5-2-16(23)10-18(20)24/h2-5,9-11,14H,6-8,12H2,1H3,(H,26,27). The van der Waals surface area contributed by atoms with Gasteiger partial charge in [0, 0.05) is 27.7 Å². The maximum atomic E-state index is 12.9. The lowest BCUT2D eigenvalue weighted by Crippen LogP contribution is -2.31. The van der Waals surface area contributed by atoms with Crippen LogP contribution in [0, 0.1) is 12.8 Å². The number of carbonyl (C=O) groups excluding carboxylic acids is 1. The zero-order chi connectivity index (χ0) is 22.9. The van der Waals surface area contributed by atoms with Crippen molar-refractivity contribution in [2.45, 2.75) is 30.4 Å². The van der Waals surface area contributed by atoms with Gasteiger partial charge in [0.05, 0.1) is 16.5 Å². The molecule has 2 aromatic carbocycles. The van der Waals surface area contributed by atoms with Crippen molar-refractivity contribution in [1.29, 1.82) is 0 Å². The monoisotopic (exact) mass is 510 g/mol. The highest BCUT2D eigenvalue weighted by atomic mass is 35.5. The van der Waals surface area contributed by atoms with Crippen LogP contribution in [0.25, 0.3) is 0 Å². The van der Waals surface area contributed by atoms with E-state index in [1.54, 1.807) is 30.3 Å². The molecule has 0 spiro atoms. The number of ether oxygens (including phenoxy) is 1. The van der Waals surface area contributed by atoms with Crippen molar-refractivity contribution < 1.29 is 17.9 Å². The molecule has 0 bridgehead atoms. The molecule has 1 aliphatic heterocycles. The molecular weight excluding hydrogens is 491 g/mol. The van der Waals surface area contributed by atoms with Crippen molar-refractivity contribution >= 4 is 56.0 Å². The number of carbonyl (C=O) groups is 1. The average Bonchev–Trinajstić information content (AvgIpc) is 3.13. The molecule has 0 aliphatic carbocycles. The molecule has 2 heterocycles.